The van der Waals surface area contributed by atoms with Gasteiger partial charge in [-0.05, 0) is 30.2 Å². The molecule has 0 spiro atoms. The SMILES string of the molecule is CC(=O)c1nccc(Oc2ccc(C(C)(C)c3ccc(C)cc3)cc2)n1. The van der Waals surface area contributed by atoms with Crippen molar-refractivity contribution in [2.45, 2.75) is 33.1 Å². The second-order valence-electron chi connectivity index (χ2n) is 6.89. The first-order valence-electron chi connectivity index (χ1n) is 8.56. The molecule has 0 fully saturated rings. The van der Waals surface area contributed by atoms with E-state index in [2.05, 4.69) is 67.1 Å². The van der Waals surface area contributed by atoms with Crippen molar-refractivity contribution < 1.29 is 9.53 Å². The smallest absolute Gasteiger partial charge is 0.222 e. The first-order chi connectivity index (χ1) is 12.4. The van der Waals surface area contributed by atoms with E-state index in [4.69, 9.17) is 4.74 Å². The maximum absolute atomic E-state index is 11.4. The molecule has 0 aliphatic heterocycles. The Morgan fingerprint density at radius 1 is 0.923 bits per heavy atom. The molecular weight excluding hydrogens is 324 g/mol. The van der Waals surface area contributed by atoms with Gasteiger partial charge in [0.2, 0.25) is 5.88 Å². The zero-order valence-corrected chi connectivity index (χ0v) is 15.5. The van der Waals surface area contributed by atoms with Crippen LogP contribution in [0.4, 0.5) is 0 Å². The summed E-state index contributed by atoms with van der Waals surface area (Å²) in [5.41, 5.74) is 3.60. The summed E-state index contributed by atoms with van der Waals surface area (Å²) in [6, 6.07) is 18.2. The molecule has 26 heavy (non-hydrogen) atoms. The summed E-state index contributed by atoms with van der Waals surface area (Å²) in [5, 5.41) is 0. The first kappa shape index (κ1) is 17.8. The summed E-state index contributed by atoms with van der Waals surface area (Å²) >= 11 is 0. The minimum absolute atomic E-state index is 0.108. The minimum atomic E-state index is -0.189. The minimum Gasteiger partial charge on any atom is -0.439 e. The Kier molecular flexibility index (Phi) is 4.85. The molecule has 3 rings (SSSR count). The van der Waals surface area contributed by atoms with Crippen LogP contribution in [-0.2, 0) is 5.41 Å². The third-order valence-electron chi connectivity index (χ3n) is 4.52. The van der Waals surface area contributed by atoms with Gasteiger partial charge in [0.15, 0.2) is 11.6 Å². The zero-order valence-electron chi connectivity index (χ0n) is 15.5. The van der Waals surface area contributed by atoms with Crippen molar-refractivity contribution in [2.75, 3.05) is 0 Å². The highest BCUT2D eigenvalue weighted by Crippen LogP contribution is 2.33. The number of ketones is 1. The van der Waals surface area contributed by atoms with Crippen molar-refractivity contribution in [1.82, 2.24) is 9.97 Å². The molecule has 0 N–H and O–H groups in total. The van der Waals surface area contributed by atoms with E-state index in [1.165, 1.54) is 29.8 Å². The predicted octanol–water partition coefficient (Wildman–Crippen LogP) is 5.11. The number of aromatic nitrogens is 2. The maximum Gasteiger partial charge on any atom is 0.222 e. The van der Waals surface area contributed by atoms with Crippen molar-refractivity contribution in [2.24, 2.45) is 0 Å². The third-order valence-corrected chi connectivity index (χ3v) is 4.52. The molecule has 3 aromatic rings. The van der Waals surface area contributed by atoms with Crippen molar-refractivity contribution in [3.8, 4) is 11.6 Å². The van der Waals surface area contributed by atoms with Crippen LogP contribution in [0.15, 0.2) is 60.8 Å². The monoisotopic (exact) mass is 346 g/mol. The molecule has 4 nitrogen and oxygen atoms in total. The van der Waals surface area contributed by atoms with E-state index in [9.17, 15) is 4.79 Å². The fourth-order valence-electron chi connectivity index (χ4n) is 2.77. The Balaban J connectivity index is 1.81. The Labute approximate surface area is 153 Å². The van der Waals surface area contributed by atoms with Gasteiger partial charge in [-0.1, -0.05) is 55.8 Å². The molecule has 0 amide bonds. The largest absolute Gasteiger partial charge is 0.439 e. The van der Waals surface area contributed by atoms with Crippen LogP contribution in [0.2, 0.25) is 0 Å². The van der Waals surface area contributed by atoms with Crippen LogP contribution in [0, 0.1) is 6.92 Å². The molecule has 0 saturated heterocycles. The number of aryl methyl sites for hydroxylation is 1. The van der Waals surface area contributed by atoms with E-state index in [0.717, 1.165) is 0 Å². The van der Waals surface area contributed by atoms with Crippen LogP contribution in [0.3, 0.4) is 0 Å². The van der Waals surface area contributed by atoms with Gasteiger partial charge in [-0.15, -0.1) is 0 Å². The van der Waals surface area contributed by atoms with Gasteiger partial charge in [-0.25, -0.2) is 4.98 Å². The Hall–Kier alpha value is -3.01. The van der Waals surface area contributed by atoms with E-state index in [-0.39, 0.29) is 17.0 Å². The normalized spacial score (nSPS) is 11.2. The number of rotatable bonds is 5. The lowest BCUT2D eigenvalue weighted by atomic mass is 9.78. The number of hydrogen-bond donors (Lipinski definition) is 0. The molecule has 0 radical (unpaired) electrons. The molecule has 2 aromatic carbocycles. The van der Waals surface area contributed by atoms with Gasteiger partial charge in [-0.3, -0.25) is 4.79 Å². The summed E-state index contributed by atoms with van der Waals surface area (Å²) in [5.74, 6) is 0.989. The van der Waals surface area contributed by atoms with Gasteiger partial charge < -0.3 is 4.74 Å². The molecule has 0 aliphatic rings. The van der Waals surface area contributed by atoms with Crippen molar-refractivity contribution >= 4 is 5.78 Å². The van der Waals surface area contributed by atoms with E-state index in [1.807, 2.05) is 12.1 Å². The fourth-order valence-corrected chi connectivity index (χ4v) is 2.77. The molecule has 0 saturated carbocycles. The van der Waals surface area contributed by atoms with Crippen molar-refractivity contribution in [3.63, 3.8) is 0 Å². The van der Waals surface area contributed by atoms with E-state index in [1.54, 1.807) is 6.07 Å². The number of benzene rings is 2. The lowest BCUT2D eigenvalue weighted by molar-refractivity contribution is 0.100. The van der Waals surface area contributed by atoms with Crippen LogP contribution >= 0.6 is 0 Å². The highest BCUT2D eigenvalue weighted by molar-refractivity contribution is 5.90. The van der Waals surface area contributed by atoms with E-state index < -0.39 is 0 Å². The van der Waals surface area contributed by atoms with Crippen molar-refractivity contribution in [3.05, 3.63) is 83.3 Å². The quantitative estimate of drug-likeness (QED) is 0.603. The number of hydrogen-bond acceptors (Lipinski definition) is 4. The Bertz CT molecular complexity index is 914. The van der Waals surface area contributed by atoms with Crippen LogP contribution in [0.5, 0.6) is 11.6 Å². The van der Waals surface area contributed by atoms with Crippen LogP contribution in [0.25, 0.3) is 0 Å². The maximum atomic E-state index is 11.4. The molecule has 4 heteroatoms. The summed E-state index contributed by atoms with van der Waals surface area (Å²) in [6.45, 7) is 7.93. The molecule has 1 aromatic heterocycles. The second-order valence-corrected chi connectivity index (χ2v) is 6.89. The summed E-state index contributed by atoms with van der Waals surface area (Å²) in [7, 11) is 0. The van der Waals surface area contributed by atoms with E-state index in [0.29, 0.717) is 11.6 Å². The number of Topliss-reactive ketones (excluding diaryl/α,β-unsaturated/α-hetero) is 1. The van der Waals surface area contributed by atoms with Gasteiger partial charge in [0.1, 0.15) is 5.75 Å². The molecule has 132 valence electrons. The third kappa shape index (κ3) is 3.80. The fraction of sp³-hybridized carbons (Fsp3) is 0.227. The van der Waals surface area contributed by atoms with Crippen molar-refractivity contribution in [1.29, 1.82) is 0 Å². The first-order valence-corrected chi connectivity index (χ1v) is 8.56. The van der Waals surface area contributed by atoms with Gasteiger partial charge in [0, 0.05) is 24.6 Å². The number of nitrogens with zero attached hydrogens (tertiary/aromatic N) is 2. The topological polar surface area (TPSA) is 52.1 Å². The highest BCUT2D eigenvalue weighted by Gasteiger charge is 2.22. The Morgan fingerprint density at radius 2 is 1.50 bits per heavy atom. The van der Waals surface area contributed by atoms with Crippen LogP contribution in [-0.4, -0.2) is 15.8 Å². The number of carbonyl (C=O) groups excluding carboxylic acids is 1. The number of ether oxygens (including phenoxy) is 1. The summed E-state index contributed by atoms with van der Waals surface area (Å²) in [4.78, 5) is 19.4. The molecule has 0 unspecified atom stereocenters. The Morgan fingerprint density at radius 3 is 2.08 bits per heavy atom. The van der Waals surface area contributed by atoms with Crippen LogP contribution in [0.1, 0.15) is 48.1 Å². The predicted molar refractivity (Wildman–Crippen MR) is 102 cm³/mol. The molecule has 0 atom stereocenters. The molecular formula is C22H22N2O2. The average molecular weight is 346 g/mol. The molecule has 0 aliphatic carbocycles. The summed E-state index contributed by atoms with van der Waals surface area (Å²) in [6.07, 6.45) is 1.52. The summed E-state index contributed by atoms with van der Waals surface area (Å²) < 4.78 is 5.75. The zero-order chi connectivity index (χ0) is 18.7. The van der Waals surface area contributed by atoms with E-state index >= 15 is 0 Å². The number of carbonyl (C=O) groups is 1. The van der Waals surface area contributed by atoms with Crippen LogP contribution < -0.4 is 4.74 Å². The second kappa shape index (κ2) is 7.08. The lowest BCUT2D eigenvalue weighted by Gasteiger charge is -2.26. The van der Waals surface area contributed by atoms with Gasteiger partial charge >= 0.3 is 0 Å². The van der Waals surface area contributed by atoms with Gasteiger partial charge in [0.05, 0.1) is 0 Å². The highest BCUT2D eigenvalue weighted by atomic mass is 16.5. The lowest BCUT2D eigenvalue weighted by Crippen LogP contribution is -2.18. The standard InChI is InChI=1S/C22H22N2O2/c1-15-5-7-17(8-6-15)22(3,4)18-9-11-19(12-10-18)26-20-13-14-23-21(24-20)16(2)25/h5-14H,1-4H3. The molecule has 0 bridgehead atoms. The average Bonchev–Trinajstić information content (AvgIpc) is 2.63. The van der Waals surface area contributed by atoms with Gasteiger partial charge in [-0.2, -0.15) is 4.98 Å². The molecule has 1 heterocycles. The van der Waals surface area contributed by atoms with Gasteiger partial charge in [0.25, 0.3) is 0 Å².